The Morgan fingerprint density at radius 3 is 2.11 bits per heavy atom. The monoisotopic (exact) mass is 502 g/mol. The minimum absolute atomic E-state index is 0.365. The van der Waals surface area contributed by atoms with Gasteiger partial charge in [-0.25, -0.2) is 0 Å². The van der Waals surface area contributed by atoms with Gasteiger partial charge in [0.15, 0.2) is 16.3 Å². The number of hydrogen-bond donors (Lipinski definition) is 0. The van der Waals surface area contributed by atoms with Crippen molar-refractivity contribution in [1.82, 2.24) is 4.57 Å². The molecule has 2 aromatic carbocycles. The van der Waals surface area contributed by atoms with E-state index >= 15 is 0 Å². The lowest BCUT2D eigenvalue weighted by Crippen LogP contribution is -2.19. The van der Waals surface area contributed by atoms with Gasteiger partial charge in [-0.3, -0.25) is 4.79 Å². The van der Waals surface area contributed by atoms with Gasteiger partial charge in [-0.05, 0) is 65.0 Å². The second kappa shape index (κ2) is 13.2. The molecule has 0 atom stereocenters. The van der Waals surface area contributed by atoms with Crippen LogP contribution in [0.25, 0.3) is 10.2 Å². The summed E-state index contributed by atoms with van der Waals surface area (Å²) < 4.78 is 31.5. The van der Waals surface area contributed by atoms with Crippen LogP contribution in [0.4, 0.5) is 0 Å². The SMILES string of the molecule is CCOCCn1c(=NC(=O)c2cc(OCC)c(OCC)c(OCC)c2)sc2cc(OCC)ccc21. The van der Waals surface area contributed by atoms with Crippen LogP contribution < -0.4 is 23.7 Å². The number of nitrogens with zero attached hydrogens (tertiary/aromatic N) is 2. The van der Waals surface area contributed by atoms with Gasteiger partial charge in [-0.15, -0.1) is 0 Å². The Kier molecular flexibility index (Phi) is 9.98. The summed E-state index contributed by atoms with van der Waals surface area (Å²) in [4.78, 5) is 18.4. The summed E-state index contributed by atoms with van der Waals surface area (Å²) in [6, 6.07) is 9.21. The summed E-state index contributed by atoms with van der Waals surface area (Å²) in [5, 5.41) is 0. The number of aromatic nitrogens is 1. The Bertz CT molecular complexity index is 1170. The van der Waals surface area contributed by atoms with Crippen LogP contribution in [0.5, 0.6) is 23.0 Å². The molecule has 0 saturated carbocycles. The molecule has 1 aromatic heterocycles. The Morgan fingerprint density at radius 1 is 0.857 bits per heavy atom. The third kappa shape index (κ3) is 6.55. The van der Waals surface area contributed by atoms with Crippen molar-refractivity contribution in [3.05, 3.63) is 40.7 Å². The average molecular weight is 503 g/mol. The molecule has 3 aromatic rings. The molecule has 0 aliphatic carbocycles. The lowest BCUT2D eigenvalue weighted by molar-refractivity contribution is 0.0995. The van der Waals surface area contributed by atoms with E-state index in [0.717, 1.165) is 16.0 Å². The van der Waals surface area contributed by atoms with Crippen LogP contribution in [0, 0.1) is 0 Å². The molecule has 0 fully saturated rings. The van der Waals surface area contributed by atoms with Crippen molar-refractivity contribution in [3.8, 4) is 23.0 Å². The first-order chi connectivity index (χ1) is 17.1. The third-order valence-corrected chi connectivity index (χ3v) is 6.02. The molecule has 0 N–H and O–H groups in total. The van der Waals surface area contributed by atoms with Gasteiger partial charge in [-0.1, -0.05) is 11.3 Å². The van der Waals surface area contributed by atoms with Gasteiger partial charge in [0.05, 0.1) is 43.3 Å². The van der Waals surface area contributed by atoms with Crippen molar-refractivity contribution in [1.29, 1.82) is 0 Å². The van der Waals surface area contributed by atoms with Gasteiger partial charge in [0, 0.05) is 18.7 Å². The largest absolute Gasteiger partial charge is 0.494 e. The fourth-order valence-corrected chi connectivity index (χ4v) is 4.66. The standard InChI is InChI=1S/C26H34N2O6S/c1-6-30-14-13-28-20-12-11-19(31-7-2)17-23(20)35-26(28)27-25(29)18-15-21(32-8-3)24(34-10-5)22(16-18)33-9-4/h11-12,15-17H,6-10,13-14H2,1-5H3. The predicted octanol–water partition coefficient (Wildman–Crippen LogP) is 5.08. The zero-order chi connectivity index (χ0) is 25.2. The summed E-state index contributed by atoms with van der Waals surface area (Å²) in [5.41, 5.74) is 1.34. The summed E-state index contributed by atoms with van der Waals surface area (Å²) in [5.74, 6) is 1.80. The molecule has 0 aliphatic rings. The number of amides is 1. The molecular formula is C26H34N2O6S. The molecule has 1 heterocycles. The van der Waals surface area contributed by atoms with Crippen molar-refractivity contribution in [3.63, 3.8) is 0 Å². The second-order valence-corrected chi connectivity index (χ2v) is 8.32. The highest BCUT2D eigenvalue weighted by atomic mass is 32.1. The van der Waals surface area contributed by atoms with Crippen LogP contribution in [0.1, 0.15) is 45.0 Å². The molecule has 0 bridgehead atoms. The van der Waals surface area contributed by atoms with Crippen molar-refractivity contribution in [2.75, 3.05) is 39.6 Å². The first-order valence-electron chi connectivity index (χ1n) is 12.0. The fourth-order valence-electron chi connectivity index (χ4n) is 3.58. The van der Waals surface area contributed by atoms with E-state index in [1.54, 1.807) is 12.1 Å². The predicted molar refractivity (Wildman–Crippen MR) is 137 cm³/mol. The zero-order valence-electron chi connectivity index (χ0n) is 21.1. The fraction of sp³-hybridized carbons (Fsp3) is 0.462. The van der Waals surface area contributed by atoms with Crippen LogP contribution in [0.3, 0.4) is 0 Å². The molecule has 0 aliphatic heterocycles. The van der Waals surface area contributed by atoms with E-state index < -0.39 is 5.91 Å². The Hall–Kier alpha value is -3.04. The van der Waals surface area contributed by atoms with Gasteiger partial charge in [0.2, 0.25) is 5.75 Å². The molecule has 9 heteroatoms. The topological polar surface area (TPSA) is 80.5 Å². The van der Waals surface area contributed by atoms with E-state index in [2.05, 4.69) is 4.99 Å². The van der Waals surface area contributed by atoms with Crippen LogP contribution >= 0.6 is 11.3 Å². The average Bonchev–Trinajstić information content (AvgIpc) is 3.17. The van der Waals surface area contributed by atoms with E-state index in [-0.39, 0.29) is 0 Å². The summed E-state index contributed by atoms with van der Waals surface area (Å²) in [6.07, 6.45) is 0. The molecule has 35 heavy (non-hydrogen) atoms. The number of carbonyl (C=O) groups is 1. The van der Waals surface area contributed by atoms with E-state index in [9.17, 15) is 4.79 Å². The van der Waals surface area contributed by atoms with Gasteiger partial charge >= 0.3 is 0 Å². The number of fused-ring (bicyclic) bond motifs is 1. The number of thiazole rings is 1. The third-order valence-electron chi connectivity index (χ3n) is 4.98. The van der Waals surface area contributed by atoms with Gasteiger partial charge in [0.1, 0.15) is 5.75 Å². The first-order valence-corrected chi connectivity index (χ1v) is 12.9. The van der Waals surface area contributed by atoms with Crippen LogP contribution in [-0.2, 0) is 11.3 Å². The maximum Gasteiger partial charge on any atom is 0.279 e. The lowest BCUT2D eigenvalue weighted by Gasteiger charge is -2.16. The summed E-state index contributed by atoms with van der Waals surface area (Å²) in [7, 11) is 0. The maximum absolute atomic E-state index is 13.3. The smallest absolute Gasteiger partial charge is 0.279 e. The van der Waals surface area contributed by atoms with Crippen molar-refractivity contribution < 1.29 is 28.5 Å². The van der Waals surface area contributed by atoms with Crippen molar-refractivity contribution >= 4 is 27.5 Å². The van der Waals surface area contributed by atoms with Crippen LogP contribution in [0.15, 0.2) is 35.3 Å². The minimum Gasteiger partial charge on any atom is -0.494 e. The highest BCUT2D eigenvalue weighted by Gasteiger charge is 2.19. The molecule has 1 amide bonds. The maximum atomic E-state index is 13.3. The quantitative estimate of drug-likeness (QED) is 0.304. The van der Waals surface area contributed by atoms with Gasteiger partial charge in [0.25, 0.3) is 5.91 Å². The molecule has 0 unspecified atom stereocenters. The van der Waals surface area contributed by atoms with E-state index in [1.807, 2.05) is 57.4 Å². The molecule has 8 nitrogen and oxygen atoms in total. The molecule has 0 spiro atoms. The van der Waals surface area contributed by atoms with Crippen molar-refractivity contribution in [2.45, 2.75) is 41.2 Å². The molecule has 190 valence electrons. The normalized spacial score (nSPS) is 11.6. The summed E-state index contributed by atoms with van der Waals surface area (Å²) >= 11 is 1.44. The number of benzene rings is 2. The van der Waals surface area contributed by atoms with Crippen LogP contribution in [-0.4, -0.2) is 50.1 Å². The number of carbonyl (C=O) groups excluding carboxylic acids is 1. The Labute approximate surface area is 210 Å². The van der Waals surface area contributed by atoms with Gasteiger partial charge < -0.3 is 28.3 Å². The highest BCUT2D eigenvalue weighted by Crippen LogP contribution is 2.39. The zero-order valence-corrected chi connectivity index (χ0v) is 21.9. The van der Waals surface area contributed by atoms with Gasteiger partial charge in [-0.2, -0.15) is 4.99 Å². The Morgan fingerprint density at radius 2 is 1.51 bits per heavy atom. The second-order valence-electron chi connectivity index (χ2n) is 7.31. The molecule has 0 saturated heterocycles. The van der Waals surface area contributed by atoms with E-state index in [1.165, 1.54) is 11.3 Å². The van der Waals surface area contributed by atoms with Crippen LogP contribution in [0.2, 0.25) is 0 Å². The minimum atomic E-state index is -0.392. The highest BCUT2D eigenvalue weighted by molar-refractivity contribution is 7.16. The summed E-state index contributed by atoms with van der Waals surface area (Å²) in [6.45, 7) is 13.1. The molecule has 3 rings (SSSR count). The molecule has 0 radical (unpaired) electrons. The van der Waals surface area contributed by atoms with Crippen molar-refractivity contribution in [2.24, 2.45) is 4.99 Å². The van der Waals surface area contributed by atoms with E-state index in [0.29, 0.717) is 73.8 Å². The first kappa shape index (κ1) is 26.6. The number of rotatable bonds is 13. The Balaban J connectivity index is 2.09. The molecular weight excluding hydrogens is 468 g/mol. The number of hydrogen-bond acceptors (Lipinski definition) is 7. The lowest BCUT2D eigenvalue weighted by atomic mass is 10.1. The number of ether oxygens (including phenoxy) is 5. The van der Waals surface area contributed by atoms with E-state index in [4.69, 9.17) is 23.7 Å².